The zero-order valence-electron chi connectivity index (χ0n) is 13.8. The molecule has 0 aliphatic heterocycles. The van der Waals surface area contributed by atoms with Gasteiger partial charge in [0.2, 0.25) is 5.75 Å². The van der Waals surface area contributed by atoms with E-state index in [9.17, 15) is 0 Å². The Morgan fingerprint density at radius 3 is 2.10 bits per heavy atom. The third kappa shape index (κ3) is 4.42. The van der Waals surface area contributed by atoms with E-state index in [1.54, 1.807) is 0 Å². The maximum absolute atomic E-state index is 5.90. The molecule has 0 spiro atoms. The maximum Gasteiger partial charge on any atom is 0.203 e. The lowest BCUT2D eigenvalue weighted by molar-refractivity contribution is 0.258. The molecule has 0 aliphatic rings. The van der Waals surface area contributed by atoms with Crippen molar-refractivity contribution >= 4 is 0 Å². The maximum atomic E-state index is 5.90. The molecule has 1 atom stereocenters. The highest BCUT2D eigenvalue weighted by Gasteiger charge is 2.21. The van der Waals surface area contributed by atoms with Gasteiger partial charge in [0.15, 0.2) is 11.5 Å². The third-order valence-electron chi connectivity index (χ3n) is 3.37. The molecule has 118 valence electrons. The quantitative estimate of drug-likeness (QED) is 0.571. The number of benzene rings is 1. The van der Waals surface area contributed by atoms with E-state index in [0.29, 0.717) is 25.7 Å². The van der Waals surface area contributed by atoms with Gasteiger partial charge >= 0.3 is 0 Å². The Bertz CT molecular complexity index is 440. The normalized spacial score (nSPS) is 11.8. The van der Waals surface area contributed by atoms with Crippen molar-refractivity contribution in [2.45, 2.75) is 46.5 Å². The standard InChI is InChI=1S/C18H28O3/c1-6-11-14(7-2)15-12-13-16(19-8-3)18(21-10-5)17(15)20-9-4/h6,12-14H,1,7-11H2,2-5H3. The molecule has 1 aromatic rings. The third-order valence-corrected chi connectivity index (χ3v) is 3.37. The summed E-state index contributed by atoms with van der Waals surface area (Å²) in [6.07, 6.45) is 3.92. The summed E-state index contributed by atoms with van der Waals surface area (Å²) in [6.45, 7) is 13.8. The highest BCUT2D eigenvalue weighted by atomic mass is 16.5. The molecular formula is C18H28O3. The van der Waals surface area contributed by atoms with Crippen molar-refractivity contribution in [3.8, 4) is 17.2 Å². The lowest BCUT2D eigenvalue weighted by Gasteiger charge is -2.22. The van der Waals surface area contributed by atoms with Gasteiger partial charge in [-0.05, 0) is 45.6 Å². The van der Waals surface area contributed by atoms with Gasteiger partial charge in [-0.25, -0.2) is 0 Å². The first-order chi connectivity index (χ1) is 10.2. The first kappa shape index (κ1) is 17.4. The molecule has 21 heavy (non-hydrogen) atoms. The van der Waals surface area contributed by atoms with Gasteiger partial charge in [-0.3, -0.25) is 0 Å². The van der Waals surface area contributed by atoms with E-state index in [1.165, 1.54) is 5.56 Å². The van der Waals surface area contributed by atoms with Crippen molar-refractivity contribution in [2.75, 3.05) is 19.8 Å². The summed E-state index contributed by atoms with van der Waals surface area (Å²) in [5.41, 5.74) is 1.17. The Labute approximate surface area is 128 Å². The molecule has 0 saturated heterocycles. The van der Waals surface area contributed by atoms with Crippen LogP contribution in [0.1, 0.15) is 52.0 Å². The van der Waals surface area contributed by atoms with E-state index in [1.807, 2.05) is 32.9 Å². The van der Waals surface area contributed by atoms with Gasteiger partial charge in [0.1, 0.15) is 0 Å². The minimum absolute atomic E-state index is 0.388. The fraction of sp³-hybridized carbons (Fsp3) is 0.556. The van der Waals surface area contributed by atoms with Gasteiger partial charge in [0.25, 0.3) is 0 Å². The Morgan fingerprint density at radius 1 is 0.952 bits per heavy atom. The smallest absolute Gasteiger partial charge is 0.203 e. The molecular weight excluding hydrogens is 264 g/mol. The van der Waals surface area contributed by atoms with Crippen molar-refractivity contribution in [1.82, 2.24) is 0 Å². The average molecular weight is 292 g/mol. The molecule has 3 nitrogen and oxygen atoms in total. The van der Waals surface area contributed by atoms with Crippen LogP contribution in [0.25, 0.3) is 0 Å². The Morgan fingerprint density at radius 2 is 1.57 bits per heavy atom. The summed E-state index contributed by atoms with van der Waals surface area (Å²) in [6, 6.07) is 4.08. The second-order valence-electron chi connectivity index (χ2n) is 4.74. The van der Waals surface area contributed by atoms with Crippen LogP contribution in [-0.4, -0.2) is 19.8 Å². The molecule has 0 aromatic heterocycles. The molecule has 1 aromatic carbocycles. The Kier molecular flexibility index (Phi) is 7.73. The number of hydrogen-bond donors (Lipinski definition) is 0. The van der Waals surface area contributed by atoms with Crippen LogP contribution in [0.4, 0.5) is 0 Å². The minimum atomic E-state index is 0.388. The van der Waals surface area contributed by atoms with Crippen molar-refractivity contribution in [1.29, 1.82) is 0 Å². The molecule has 1 rings (SSSR count). The van der Waals surface area contributed by atoms with E-state index in [2.05, 4.69) is 19.6 Å². The molecule has 1 unspecified atom stereocenters. The van der Waals surface area contributed by atoms with Crippen LogP contribution in [0, 0.1) is 0 Å². The number of rotatable bonds is 10. The minimum Gasteiger partial charge on any atom is -0.490 e. The molecule has 0 radical (unpaired) electrons. The lowest BCUT2D eigenvalue weighted by atomic mass is 9.92. The number of hydrogen-bond acceptors (Lipinski definition) is 3. The number of ether oxygens (including phenoxy) is 3. The van der Waals surface area contributed by atoms with E-state index in [4.69, 9.17) is 14.2 Å². The molecule has 0 bridgehead atoms. The highest BCUT2D eigenvalue weighted by molar-refractivity contribution is 5.57. The highest BCUT2D eigenvalue weighted by Crippen LogP contribution is 2.44. The summed E-state index contributed by atoms with van der Waals surface area (Å²) in [4.78, 5) is 0. The largest absolute Gasteiger partial charge is 0.490 e. The SMILES string of the molecule is C=CCC(CC)c1ccc(OCC)c(OCC)c1OCC. The summed E-state index contributed by atoms with van der Waals surface area (Å²) in [5, 5.41) is 0. The second kappa shape index (κ2) is 9.32. The van der Waals surface area contributed by atoms with Crippen molar-refractivity contribution in [3.05, 3.63) is 30.4 Å². The first-order valence-corrected chi connectivity index (χ1v) is 7.89. The van der Waals surface area contributed by atoms with Gasteiger partial charge in [-0.2, -0.15) is 0 Å². The van der Waals surface area contributed by atoms with Gasteiger partial charge < -0.3 is 14.2 Å². The van der Waals surface area contributed by atoms with Crippen LogP contribution in [0.5, 0.6) is 17.2 Å². The Balaban J connectivity index is 3.35. The van der Waals surface area contributed by atoms with Crippen LogP contribution in [-0.2, 0) is 0 Å². The van der Waals surface area contributed by atoms with E-state index in [-0.39, 0.29) is 0 Å². The average Bonchev–Trinajstić information content (AvgIpc) is 2.49. The zero-order valence-corrected chi connectivity index (χ0v) is 13.8. The van der Waals surface area contributed by atoms with Crippen LogP contribution < -0.4 is 14.2 Å². The monoisotopic (exact) mass is 292 g/mol. The van der Waals surface area contributed by atoms with Crippen LogP contribution in [0.3, 0.4) is 0 Å². The van der Waals surface area contributed by atoms with Crippen molar-refractivity contribution in [3.63, 3.8) is 0 Å². The van der Waals surface area contributed by atoms with E-state index < -0.39 is 0 Å². The summed E-state index contributed by atoms with van der Waals surface area (Å²) >= 11 is 0. The number of allylic oxidation sites excluding steroid dienone is 1. The van der Waals surface area contributed by atoms with E-state index in [0.717, 1.165) is 30.1 Å². The van der Waals surface area contributed by atoms with Gasteiger partial charge in [0, 0.05) is 5.56 Å². The van der Waals surface area contributed by atoms with Crippen LogP contribution in [0.2, 0.25) is 0 Å². The predicted octanol–water partition coefficient (Wildman–Crippen LogP) is 4.95. The molecule has 3 heteroatoms. The first-order valence-electron chi connectivity index (χ1n) is 7.89. The fourth-order valence-electron chi connectivity index (χ4n) is 2.44. The molecule has 0 fully saturated rings. The van der Waals surface area contributed by atoms with E-state index >= 15 is 0 Å². The predicted molar refractivity (Wildman–Crippen MR) is 87.8 cm³/mol. The van der Waals surface area contributed by atoms with Crippen LogP contribution in [0.15, 0.2) is 24.8 Å². The second-order valence-corrected chi connectivity index (χ2v) is 4.74. The van der Waals surface area contributed by atoms with Crippen LogP contribution >= 0.6 is 0 Å². The van der Waals surface area contributed by atoms with Gasteiger partial charge in [0.05, 0.1) is 19.8 Å². The molecule has 0 heterocycles. The molecule has 0 N–H and O–H groups in total. The van der Waals surface area contributed by atoms with Crippen molar-refractivity contribution in [2.24, 2.45) is 0 Å². The van der Waals surface area contributed by atoms with Gasteiger partial charge in [-0.1, -0.05) is 19.1 Å². The lowest BCUT2D eigenvalue weighted by Crippen LogP contribution is -2.07. The fourth-order valence-corrected chi connectivity index (χ4v) is 2.44. The summed E-state index contributed by atoms with van der Waals surface area (Å²) < 4.78 is 17.4. The zero-order chi connectivity index (χ0) is 15.7. The van der Waals surface area contributed by atoms with Crippen molar-refractivity contribution < 1.29 is 14.2 Å². The topological polar surface area (TPSA) is 27.7 Å². The summed E-state index contributed by atoms with van der Waals surface area (Å²) in [7, 11) is 0. The van der Waals surface area contributed by atoms with Gasteiger partial charge in [-0.15, -0.1) is 6.58 Å². The molecule has 0 amide bonds. The molecule has 0 saturated carbocycles. The summed E-state index contributed by atoms with van der Waals surface area (Å²) in [5.74, 6) is 2.68. The molecule has 0 aliphatic carbocycles. The Hall–Kier alpha value is -1.64.